The van der Waals surface area contributed by atoms with Crippen LogP contribution in [0, 0.1) is 0 Å². The fourth-order valence-electron chi connectivity index (χ4n) is 4.84. The maximum atomic E-state index is 14.3. The molecule has 2 heteroatoms. The predicted octanol–water partition coefficient (Wildman–Crippen LogP) is 6.21. The van der Waals surface area contributed by atoms with E-state index in [2.05, 4.69) is 53.8 Å². The lowest BCUT2D eigenvalue weighted by molar-refractivity contribution is -0.125. The number of benzene rings is 4. The third-order valence-corrected chi connectivity index (χ3v) is 6.27. The van der Waals surface area contributed by atoms with Crippen LogP contribution in [0.4, 0.5) is 0 Å². The van der Waals surface area contributed by atoms with Gasteiger partial charge in [-0.25, -0.2) is 0 Å². The van der Waals surface area contributed by atoms with Crippen LogP contribution >= 0.6 is 0 Å². The summed E-state index contributed by atoms with van der Waals surface area (Å²) in [5.41, 5.74) is 4.39. The van der Waals surface area contributed by atoms with Crippen LogP contribution in [-0.2, 0) is 4.79 Å². The number of rotatable bonds is 4. The molecule has 0 unspecified atom stereocenters. The van der Waals surface area contributed by atoms with Gasteiger partial charge >= 0.3 is 0 Å². The van der Waals surface area contributed by atoms with Crippen LogP contribution in [0.3, 0.4) is 0 Å². The Bertz CT molecular complexity index is 1040. The Morgan fingerprint density at radius 3 is 1.03 bits per heavy atom. The van der Waals surface area contributed by atoms with Crippen LogP contribution in [0.5, 0.6) is 0 Å². The minimum atomic E-state index is -0.256. The van der Waals surface area contributed by atoms with Crippen LogP contribution in [0.2, 0.25) is 0 Å². The smallest absolute Gasteiger partial charge is 0.151 e. The molecule has 152 valence electrons. The van der Waals surface area contributed by atoms with E-state index in [-0.39, 0.29) is 29.7 Å². The Labute approximate surface area is 183 Å². The topological polar surface area (TPSA) is 29.1 Å². The second-order valence-corrected chi connectivity index (χ2v) is 8.12. The number of Topliss-reactive ketones (excluding diaryl/α,β-unsaturated/α-hetero) is 1. The molecule has 0 radical (unpaired) electrons. The average molecular weight is 404 g/mol. The van der Waals surface area contributed by atoms with Crippen molar-refractivity contribution >= 4 is 5.78 Å². The predicted molar refractivity (Wildman–Crippen MR) is 125 cm³/mol. The normalized spacial score (nSPS) is 23.4. The van der Waals surface area contributed by atoms with Gasteiger partial charge in [-0.1, -0.05) is 121 Å². The third kappa shape index (κ3) is 3.83. The summed E-state index contributed by atoms with van der Waals surface area (Å²) in [6.45, 7) is 0. The van der Waals surface area contributed by atoms with Gasteiger partial charge < -0.3 is 5.32 Å². The van der Waals surface area contributed by atoms with E-state index >= 15 is 0 Å². The molecule has 0 aromatic heterocycles. The molecule has 1 aliphatic rings. The maximum absolute atomic E-state index is 14.3. The highest BCUT2D eigenvalue weighted by atomic mass is 16.1. The first-order valence-corrected chi connectivity index (χ1v) is 10.8. The summed E-state index contributed by atoms with van der Waals surface area (Å²) < 4.78 is 0. The van der Waals surface area contributed by atoms with Gasteiger partial charge in [-0.3, -0.25) is 4.79 Å². The molecule has 0 bridgehead atoms. The van der Waals surface area contributed by atoms with Gasteiger partial charge in [-0.2, -0.15) is 0 Å². The number of hydrogen-bond donors (Lipinski definition) is 1. The zero-order valence-corrected chi connectivity index (χ0v) is 17.3. The standard InChI is InChI=1S/C29H25NO/c31-29-25(21-13-5-1-6-14-21)27(23-17-9-3-10-18-23)30-28(24-19-11-4-12-20-24)26(29)22-15-7-2-8-16-22/h1-20,25-28,30H/t25-,26+,27-,28-/m1/s1. The summed E-state index contributed by atoms with van der Waals surface area (Å²) in [7, 11) is 0. The van der Waals surface area contributed by atoms with Crippen molar-refractivity contribution in [3.63, 3.8) is 0 Å². The zero-order chi connectivity index (χ0) is 21.0. The van der Waals surface area contributed by atoms with Gasteiger partial charge in [0.1, 0.15) is 0 Å². The molecular formula is C29H25NO. The number of hydrogen-bond acceptors (Lipinski definition) is 2. The minimum Gasteiger partial charge on any atom is -0.301 e. The number of piperidine rings is 1. The average Bonchev–Trinajstić information content (AvgIpc) is 2.85. The van der Waals surface area contributed by atoms with E-state index in [1.807, 2.05) is 72.8 Å². The van der Waals surface area contributed by atoms with Crippen LogP contribution in [0.15, 0.2) is 121 Å². The van der Waals surface area contributed by atoms with Crippen molar-refractivity contribution < 1.29 is 4.79 Å². The molecule has 0 aliphatic carbocycles. The van der Waals surface area contributed by atoms with Crippen molar-refractivity contribution in [2.45, 2.75) is 23.9 Å². The first-order valence-electron chi connectivity index (χ1n) is 10.8. The van der Waals surface area contributed by atoms with E-state index < -0.39 is 0 Å². The summed E-state index contributed by atoms with van der Waals surface area (Å²) in [6.07, 6.45) is 0. The molecule has 1 fully saturated rings. The van der Waals surface area contributed by atoms with Gasteiger partial charge in [0.25, 0.3) is 0 Å². The Kier molecular flexibility index (Phi) is 5.47. The number of carbonyl (C=O) groups is 1. The molecule has 4 atom stereocenters. The van der Waals surface area contributed by atoms with Crippen molar-refractivity contribution in [1.82, 2.24) is 5.32 Å². The van der Waals surface area contributed by atoms with Gasteiger partial charge in [0.15, 0.2) is 5.78 Å². The van der Waals surface area contributed by atoms with Crippen molar-refractivity contribution in [3.05, 3.63) is 144 Å². The fraction of sp³-hybridized carbons (Fsp3) is 0.138. The quantitative estimate of drug-likeness (QED) is 0.439. The summed E-state index contributed by atoms with van der Waals surface area (Å²) in [6, 6.07) is 40.9. The molecule has 4 aromatic carbocycles. The minimum absolute atomic E-state index is 0.0960. The van der Waals surface area contributed by atoms with E-state index in [0.29, 0.717) is 0 Å². The number of nitrogens with one attached hydrogen (secondary N) is 1. The van der Waals surface area contributed by atoms with E-state index in [1.54, 1.807) is 0 Å². The molecule has 2 nitrogen and oxygen atoms in total. The maximum Gasteiger partial charge on any atom is 0.151 e. The fourth-order valence-corrected chi connectivity index (χ4v) is 4.84. The molecule has 4 aromatic rings. The highest BCUT2D eigenvalue weighted by Gasteiger charge is 2.45. The molecule has 0 spiro atoms. The molecule has 0 amide bonds. The lowest BCUT2D eigenvalue weighted by Crippen LogP contribution is -2.46. The molecule has 0 saturated carbocycles. The second kappa shape index (κ2) is 8.71. The zero-order valence-electron chi connectivity index (χ0n) is 17.3. The van der Waals surface area contributed by atoms with Crippen molar-refractivity contribution in [2.24, 2.45) is 0 Å². The van der Waals surface area contributed by atoms with Crippen LogP contribution in [-0.4, -0.2) is 5.78 Å². The van der Waals surface area contributed by atoms with Crippen LogP contribution in [0.1, 0.15) is 46.2 Å². The summed E-state index contributed by atoms with van der Waals surface area (Å²) in [5, 5.41) is 3.89. The molecule has 1 heterocycles. The second-order valence-electron chi connectivity index (χ2n) is 8.12. The highest BCUT2D eigenvalue weighted by molar-refractivity contribution is 5.94. The first-order chi connectivity index (χ1) is 15.3. The van der Waals surface area contributed by atoms with Gasteiger partial charge in [0.05, 0.1) is 11.8 Å². The number of carbonyl (C=O) groups excluding carboxylic acids is 1. The monoisotopic (exact) mass is 403 g/mol. The molecule has 1 saturated heterocycles. The third-order valence-electron chi connectivity index (χ3n) is 6.27. The Morgan fingerprint density at radius 2 is 0.710 bits per heavy atom. The summed E-state index contributed by atoms with van der Waals surface area (Å²) in [5.74, 6) is -0.249. The lowest BCUT2D eigenvalue weighted by atomic mass is 9.70. The summed E-state index contributed by atoms with van der Waals surface area (Å²) in [4.78, 5) is 14.3. The van der Waals surface area contributed by atoms with E-state index in [1.165, 1.54) is 0 Å². The SMILES string of the molecule is O=C1[C@H](c2ccccc2)[C@@H](c2ccccc2)N[C@H](c2ccccc2)[C@@H]1c1ccccc1. The molecule has 1 aliphatic heterocycles. The Hall–Kier alpha value is -3.49. The van der Waals surface area contributed by atoms with Gasteiger partial charge in [0.2, 0.25) is 0 Å². The van der Waals surface area contributed by atoms with Gasteiger partial charge in [0, 0.05) is 12.1 Å². The Morgan fingerprint density at radius 1 is 0.419 bits per heavy atom. The molecule has 5 rings (SSSR count). The van der Waals surface area contributed by atoms with E-state index in [9.17, 15) is 4.79 Å². The molecule has 31 heavy (non-hydrogen) atoms. The highest BCUT2D eigenvalue weighted by Crippen LogP contribution is 2.47. The Balaban J connectivity index is 1.67. The summed E-state index contributed by atoms with van der Waals surface area (Å²) >= 11 is 0. The first kappa shape index (κ1) is 19.5. The largest absolute Gasteiger partial charge is 0.301 e. The van der Waals surface area contributed by atoms with Crippen molar-refractivity contribution in [1.29, 1.82) is 0 Å². The molecular weight excluding hydrogens is 378 g/mol. The van der Waals surface area contributed by atoms with Gasteiger partial charge in [-0.05, 0) is 22.3 Å². The van der Waals surface area contributed by atoms with Crippen molar-refractivity contribution in [3.8, 4) is 0 Å². The van der Waals surface area contributed by atoms with Gasteiger partial charge in [-0.15, -0.1) is 0 Å². The lowest BCUT2D eigenvalue weighted by Gasteiger charge is -2.42. The van der Waals surface area contributed by atoms with Crippen LogP contribution < -0.4 is 5.32 Å². The van der Waals surface area contributed by atoms with Crippen LogP contribution in [0.25, 0.3) is 0 Å². The number of ketones is 1. The van der Waals surface area contributed by atoms with E-state index in [4.69, 9.17) is 0 Å². The van der Waals surface area contributed by atoms with Crippen molar-refractivity contribution in [2.75, 3.05) is 0 Å². The van der Waals surface area contributed by atoms with E-state index in [0.717, 1.165) is 22.3 Å². The molecule has 1 N–H and O–H groups in total.